The summed E-state index contributed by atoms with van der Waals surface area (Å²) in [6.07, 6.45) is 1.08. The van der Waals surface area contributed by atoms with Crippen LogP contribution in [0.2, 0.25) is 5.02 Å². The second-order valence-electron chi connectivity index (χ2n) is 4.24. The van der Waals surface area contributed by atoms with Crippen LogP contribution in [0.3, 0.4) is 0 Å². The highest BCUT2D eigenvalue weighted by atomic mass is 35.5. The van der Waals surface area contributed by atoms with Crippen LogP contribution in [0.25, 0.3) is 0 Å². The van der Waals surface area contributed by atoms with Gasteiger partial charge in [-0.15, -0.1) is 0 Å². The average molecular weight is 272 g/mol. The molecule has 1 aromatic carbocycles. The summed E-state index contributed by atoms with van der Waals surface area (Å²) in [5.41, 5.74) is 1.29. The first kappa shape index (κ1) is 14.9. The third-order valence-electron chi connectivity index (χ3n) is 2.72. The van der Waals surface area contributed by atoms with Crippen molar-refractivity contribution < 1.29 is 0 Å². The van der Waals surface area contributed by atoms with Gasteiger partial charge in [0.2, 0.25) is 0 Å². The topological polar surface area (TPSA) is 12.0 Å². The molecule has 0 amide bonds. The van der Waals surface area contributed by atoms with E-state index < -0.39 is 0 Å². The van der Waals surface area contributed by atoms with E-state index in [-0.39, 0.29) is 0 Å². The fraction of sp³-hybridized carbons (Fsp3) is 0.571. The van der Waals surface area contributed by atoms with Gasteiger partial charge in [0, 0.05) is 22.9 Å². The molecule has 1 rings (SSSR count). The minimum Gasteiger partial charge on any atom is -0.307 e. The van der Waals surface area contributed by atoms with E-state index in [0.29, 0.717) is 12.1 Å². The predicted octanol–water partition coefficient (Wildman–Crippen LogP) is 4.52. The van der Waals surface area contributed by atoms with Gasteiger partial charge in [0.1, 0.15) is 0 Å². The Labute approximate surface area is 114 Å². The second-order valence-corrected chi connectivity index (χ2v) is 6.00. The normalized spacial score (nSPS) is 14.6. The molecule has 0 aliphatic rings. The van der Waals surface area contributed by atoms with Gasteiger partial charge < -0.3 is 5.32 Å². The largest absolute Gasteiger partial charge is 0.307 e. The Hall–Kier alpha value is -0.180. The number of hydrogen-bond donors (Lipinski definition) is 1. The zero-order valence-electron chi connectivity index (χ0n) is 10.9. The molecule has 0 saturated carbocycles. The van der Waals surface area contributed by atoms with E-state index in [1.165, 1.54) is 11.3 Å². The lowest BCUT2D eigenvalue weighted by Crippen LogP contribution is -2.32. The van der Waals surface area contributed by atoms with Crippen LogP contribution < -0.4 is 5.32 Å². The standard InChI is InChI=1S/C14H22ClNS/c1-4-14(16-11(3)10-17-5-2)12-7-6-8-13(15)9-12/h6-9,11,14,16H,4-5,10H2,1-3H3. The molecule has 0 saturated heterocycles. The maximum Gasteiger partial charge on any atom is 0.0409 e. The van der Waals surface area contributed by atoms with Crippen LogP contribution in [-0.2, 0) is 0 Å². The van der Waals surface area contributed by atoms with E-state index in [0.717, 1.165) is 17.2 Å². The number of hydrogen-bond acceptors (Lipinski definition) is 2. The minimum absolute atomic E-state index is 0.404. The zero-order chi connectivity index (χ0) is 12.7. The van der Waals surface area contributed by atoms with Crippen molar-refractivity contribution in [3.63, 3.8) is 0 Å². The lowest BCUT2D eigenvalue weighted by atomic mass is 10.0. The summed E-state index contributed by atoms with van der Waals surface area (Å²) in [5.74, 6) is 2.34. The third kappa shape index (κ3) is 5.33. The highest BCUT2D eigenvalue weighted by Gasteiger charge is 2.12. The van der Waals surface area contributed by atoms with E-state index in [9.17, 15) is 0 Å². The van der Waals surface area contributed by atoms with Crippen LogP contribution in [-0.4, -0.2) is 17.5 Å². The van der Waals surface area contributed by atoms with Gasteiger partial charge in [0.25, 0.3) is 0 Å². The van der Waals surface area contributed by atoms with E-state index in [1.807, 2.05) is 23.9 Å². The zero-order valence-corrected chi connectivity index (χ0v) is 12.4. The van der Waals surface area contributed by atoms with E-state index >= 15 is 0 Å². The van der Waals surface area contributed by atoms with Gasteiger partial charge in [-0.05, 0) is 36.8 Å². The number of nitrogens with one attached hydrogen (secondary N) is 1. The van der Waals surface area contributed by atoms with Crippen molar-refractivity contribution in [3.8, 4) is 0 Å². The Morgan fingerprint density at radius 3 is 2.71 bits per heavy atom. The van der Waals surface area contributed by atoms with Gasteiger partial charge in [0.05, 0.1) is 0 Å². The molecule has 3 heteroatoms. The third-order valence-corrected chi connectivity index (χ3v) is 4.10. The monoisotopic (exact) mass is 271 g/mol. The Morgan fingerprint density at radius 1 is 1.35 bits per heavy atom. The Bertz CT molecular complexity index is 330. The van der Waals surface area contributed by atoms with Crippen LogP contribution in [0.4, 0.5) is 0 Å². The van der Waals surface area contributed by atoms with Crippen molar-refractivity contribution in [2.24, 2.45) is 0 Å². The molecule has 2 unspecified atom stereocenters. The van der Waals surface area contributed by atoms with Gasteiger partial charge in [-0.3, -0.25) is 0 Å². The quantitative estimate of drug-likeness (QED) is 0.782. The molecular weight excluding hydrogens is 250 g/mol. The minimum atomic E-state index is 0.404. The molecule has 1 aromatic rings. The fourth-order valence-corrected chi connectivity index (χ4v) is 2.74. The Balaban J connectivity index is 2.59. The summed E-state index contributed by atoms with van der Waals surface area (Å²) in [6.45, 7) is 6.65. The molecule has 0 spiro atoms. The molecule has 0 aliphatic carbocycles. The maximum absolute atomic E-state index is 6.03. The molecule has 17 heavy (non-hydrogen) atoms. The molecule has 2 atom stereocenters. The van der Waals surface area contributed by atoms with Crippen LogP contribution in [0.15, 0.2) is 24.3 Å². The van der Waals surface area contributed by atoms with Crippen molar-refractivity contribution in [1.82, 2.24) is 5.32 Å². The van der Waals surface area contributed by atoms with Gasteiger partial charge in [-0.25, -0.2) is 0 Å². The van der Waals surface area contributed by atoms with Gasteiger partial charge in [0.15, 0.2) is 0 Å². The van der Waals surface area contributed by atoms with Crippen molar-refractivity contribution in [3.05, 3.63) is 34.9 Å². The van der Waals surface area contributed by atoms with E-state index in [2.05, 4.69) is 38.2 Å². The van der Waals surface area contributed by atoms with E-state index in [1.54, 1.807) is 0 Å². The van der Waals surface area contributed by atoms with Gasteiger partial charge >= 0.3 is 0 Å². The predicted molar refractivity (Wildman–Crippen MR) is 80.1 cm³/mol. The molecule has 0 radical (unpaired) electrons. The molecule has 0 bridgehead atoms. The van der Waals surface area contributed by atoms with Crippen molar-refractivity contribution in [2.75, 3.05) is 11.5 Å². The molecule has 0 aromatic heterocycles. The second kappa shape index (κ2) is 8.02. The smallest absolute Gasteiger partial charge is 0.0409 e. The van der Waals surface area contributed by atoms with Crippen molar-refractivity contribution in [1.29, 1.82) is 0 Å². The fourth-order valence-electron chi connectivity index (χ4n) is 1.86. The highest BCUT2D eigenvalue weighted by Crippen LogP contribution is 2.21. The van der Waals surface area contributed by atoms with Crippen LogP contribution in [0.5, 0.6) is 0 Å². The number of halogens is 1. The van der Waals surface area contributed by atoms with Crippen LogP contribution in [0.1, 0.15) is 38.8 Å². The lowest BCUT2D eigenvalue weighted by molar-refractivity contribution is 0.470. The number of rotatable bonds is 7. The van der Waals surface area contributed by atoms with Crippen molar-refractivity contribution >= 4 is 23.4 Å². The molecule has 1 nitrogen and oxygen atoms in total. The average Bonchev–Trinajstić information content (AvgIpc) is 2.33. The van der Waals surface area contributed by atoms with Crippen LogP contribution in [0, 0.1) is 0 Å². The Morgan fingerprint density at radius 2 is 2.12 bits per heavy atom. The first-order chi connectivity index (χ1) is 8.17. The summed E-state index contributed by atoms with van der Waals surface area (Å²) in [6, 6.07) is 9.08. The Kier molecular flexibility index (Phi) is 7.02. The summed E-state index contributed by atoms with van der Waals surface area (Å²) in [4.78, 5) is 0. The highest BCUT2D eigenvalue weighted by molar-refractivity contribution is 7.99. The first-order valence-electron chi connectivity index (χ1n) is 6.26. The molecule has 1 N–H and O–H groups in total. The summed E-state index contributed by atoms with van der Waals surface area (Å²) in [7, 11) is 0. The summed E-state index contributed by atoms with van der Waals surface area (Å²) in [5, 5.41) is 4.48. The van der Waals surface area contributed by atoms with E-state index in [4.69, 9.17) is 11.6 Å². The number of benzene rings is 1. The molecule has 0 aliphatic heterocycles. The maximum atomic E-state index is 6.03. The summed E-state index contributed by atoms with van der Waals surface area (Å²) >= 11 is 8.01. The molecular formula is C14H22ClNS. The molecule has 0 heterocycles. The lowest BCUT2D eigenvalue weighted by Gasteiger charge is -2.22. The SMILES string of the molecule is CCSCC(C)NC(CC)c1cccc(Cl)c1. The van der Waals surface area contributed by atoms with Gasteiger partial charge in [-0.2, -0.15) is 11.8 Å². The van der Waals surface area contributed by atoms with Crippen LogP contribution >= 0.6 is 23.4 Å². The molecule has 96 valence electrons. The number of thioether (sulfide) groups is 1. The van der Waals surface area contributed by atoms with Gasteiger partial charge in [-0.1, -0.05) is 37.6 Å². The molecule has 0 fully saturated rings. The van der Waals surface area contributed by atoms with Crippen molar-refractivity contribution in [2.45, 2.75) is 39.3 Å². The first-order valence-corrected chi connectivity index (χ1v) is 7.79. The summed E-state index contributed by atoms with van der Waals surface area (Å²) < 4.78 is 0.